The third-order valence-corrected chi connectivity index (χ3v) is 3.31. The molecular weight excluding hydrogens is 350 g/mol. The summed E-state index contributed by atoms with van der Waals surface area (Å²) in [7, 11) is 0. The monoisotopic (exact) mass is 353 g/mol. The molecule has 20 heavy (non-hydrogen) atoms. The molecule has 0 saturated heterocycles. The van der Waals surface area contributed by atoms with Crippen LogP contribution in [-0.2, 0) is 0 Å². The van der Waals surface area contributed by atoms with Crippen molar-refractivity contribution in [3.63, 3.8) is 0 Å². The largest absolute Gasteiger partial charge is 0.429 e. The fourth-order valence-corrected chi connectivity index (χ4v) is 2.05. The number of ether oxygens (including phenoxy) is 1. The minimum atomic E-state index is -0.581. The molecule has 0 aliphatic rings. The number of hydrogen-bond donors (Lipinski definition) is 0. The fraction of sp³-hybridized carbons (Fsp3) is 0. The topological polar surface area (TPSA) is 89.0 Å². The van der Waals surface area contributed by atoms with Crippen LogP contribution in [0.25, 0.3) is 0 Å². The van der Waals surface area contributed by atoms with Gasteiger partial charge in [-0.3, -0.25) is 10.1 Å². The van der Waals surface area contributed by atoms with Gasteiger partial charge in [0, 0.05) is 12.3 Å². The van der Waals surface area contributed by atoms with Crippen molar-refractivity contribution in [2.24, 2.45) is 0 Å². The molecule has 0 bridgehead atoms. The molecule has 0 amide bonds. The van der Waals surface area contributed by atoms with Crippen LogP contribution >= 0.6 is 27.5 Å². The Balaban J connectivity index is 2.51. The number of nitro groups is 1. The van der Waals surface area contributed by atoms with Crippen LogP contribution in [0.4, 0.5) is 5.69 Å². The molecule has 0 atom stereocenters. The van der Waals surface area contributed by atoms with Crippen molar-refractivity contribution < 1.29 is 9.66 Å². The maximum Gasteiger partial charge on any atom is 0.312 e. The molecule has 0 aliphatic carbocycles. The zero-order chi connectivity index (χ0) is 14.7. The molecule has 0 fully saturated rings. The molecule has 0 N–H and O–H groups in total. The Bertz CT molecular complexity index is 730. The number of nitriles is 1. The Hall–Kier alpha value is -2.17. The molecule has 100 valence electrons. The first-order chi connectivity index (χ1) is 9.54. The second-order valence-corrected chi connectivity index (χ2v) is 4.77. The van der Waals surface area contributed by atoms with Crippen molar-refractivity contribution in [1.82, 2.24) is 4.98 Å². The van der Waals surface area contributed by atoms with Crippen LogP contribution in [0.2, 0.25) is 5.02 Å². The summed E-state index contributed by atoms with van der Waals surface area (Å²) in [5, 5.41) is 19.8. The summed E-state index contributed by atoms with van der Waals surface area (Å²) >= 11 is 9.12. The number of aromatic nitrogens is 1. The first-order valence-electron chi connectivity index (χ1n) is 5.20. The Labute approximate surface area is 126 Å². The molecule has 0 spiro atoms. The molecule has 0 saturated carbocycles. The van der Waals surface area contributed by atoms with Crippen LogP contribution in [0.15, 0.2) is 34.9 Å². The van der Waals surface area contributed by atoms with E-state index in [1.807, 2.05) is 6.07 Å². The number of halogens is 2. The van der Waals surface area contributed by atoms with Gasteiger partial charge in [-0.15, -0.1) is 0 Å². The van der Waals surface area contributed by atoms with E-state index in [0.29, 0.717) is 4.47 Å². The van der Waals surface area contributed by atoms with Crippen LogP contribution in [-0.4, -0.2) is 9.91 Å². The highest BCUT2D eigenvalue weighted by atomic mass is 79.9. The van der Waals surface area contributed by atoms with E-state index in [-0.39, 0.29) is 27.9 Å². The van der Waals surface area contributed by atoms with E-state index >= 15 is 0 Å². The number of hydrogen-bond acceptors (Lipinski definition) is 5. The maximum absolute atomic E-state index is 11.0. The fourth-order valence-electron chi connectivity index (χ4n) is 1.42. The molecule has 2 rings (SSSR count). The van der Waals surface area contributed by atoms with Crippen molar-refractivity contribution in [1.29, 1.82) is 5.26 Å². The average molecular weight is 355 g/mol. The quantitative estimate of drug-likeness (QED) is 0.612. The smallest absolute Gasteiger partial charge is 0.312 e. The van der Waals surface area contributed by atoms with Gasteiger partial charge >= 0.3 is 5.69 Å². The van der Waals surface area contributed by atoms with Gasteiger partial charge in [0.1, 0.15) is 11.1 Å². The Kier molecular flexibility index (Phi) is 4.17. The van der Waals surface area contributed by atoms with Gasteiger partial charge in [0.05, 0.1) is 15.0 Å². The number of benzene rings is 1. The SMILES string of the molecule is N#Cc1ccnc(Oc2c(Br)cccc2[N+](=O)[O-])c1Cl. The number of pyridine rings is 1. The van der Waals surface area contributed by atoms with Gasteiger partial charge in [-0.05, 0) is 28.1 Å². The van der Waals surface area contributed by atoms with Gasteiger partial charge in [0.15, 0.2) is 0 Å². The van der Waals surface area contributed by atoms with Crippen LogP contribution < -0.4 is 4.74 Å². The van der Waals surface area contributed by atoms with Gasteiger partial charge < -0.3 is 4.74 Å². The predicted molar refractivity (Wildman–Crippen MR) is 74.8 cm³/mol. The highest BCUT2D eigenvalue weighted by Gasteiger charge is 2.21. The number of para-hydroxylation sites is 1. The summed E-state index contributed by atoms with van der Waals surface area (Å²) in [4.78, 5) is 14.3. The second kappa shape index (κ2) is 5.86. The van der Waals surface area contributed by atoms with E-state index in [1.165, 1.54) is 24.4 Å². The van der Waals surface area contributed by atoms with Crippen LogP contribution in [0.5, 0.6) is 11.6 Å². The van der Waals surface area contributed by atoms with Crippen molar-refractivity contribution in [2.75, 3.05) is 0 Å². The van der Waals surface area contributed by atoms with Gasteiger partial charge in [-0.1, -0.05) is 17.7 Å². The van der Waals surface area contributed by atoms with Crippen molar-refractivity contribution in [3.05, 3.63) is 55.6 Å². The van der Waals surface area contributed by atoms with E-state index in [0.717, 1.165) is 0 Å². The molecule has 1 heterocycles. The van der Waals surface area contributed by atoms with Crippen LogP contribution in [0.3, 0.4) is 0 Å². The van der Waals surface area contributed by atoms with E-state index in [1.54, 1.807) is 6.07 Å². The van der Waals surface area contributed by atoms with Gasteiger partial charge in [-0.25, -0.2) is 4.98 Å². The average Bonchev–Trinajstić information content (AvgIpc) is 2.42. The first kappa shape index (κ1) is 14.2. The molecule has 8 heteroatoms. The summed E-state index contributed by atoms with van der Waals surface area (Å²) in [5.41, 5.74) is -0.0639. The molecule has 0 aliphatic heterocycles. The molecule has 1 aromatic carbocycles. The lowest BCUT2D eigenvalue weighted by Gasteiger charge is -2.08. The number of rotatable bonds is 3. The lowest BCUT2D eigenvalue weighted by Crippen LogP contribution is -1.96. The Morgan fingerprint density at radius 3 is 2.85 bits per heavy atom. The van der Waals surface area contributed by atoms with Gasteiger partial charge in [-0.2, -0.15) is 5.26 Å². The third-order valence-electron chi connectivity index (χ3n) is 2.32. The highest BCUT2D eigenvalue weighted by Crippen LogP contribution is 2.39. The lowest BCUT2D eigenvalue weighted by atomic mass is 10.3. The summed E-state index contributed by atoms with van der Waals surface area (Å²) in [6.07, 6.45) is 1.34. The van der Waals surface area contributed by atoms with Gasteiger partial charge in [0.25, 0.3) is 0 Å². The molecular formula is C12H5BrClN3O3. The lowest BCUT2D eigenvalue weighted by molar-refractivity contribution is -0.385. The zero-order valence-electron chi connectivity index (χ0n) is 9.71. The van der Waals surface area contributed by atoms with Crippen LogP contribution in [0, 0.1) is 21.4 Å². The Morgan fingerprint density at radius 1 is 1.45 bits per heavy atom. The summed E-state index contributed by atoms with van der Waals surface area (Å²) in [6.45, 7) is 0. The van der Waals surface area contributed by atoms with E-state index in [2.05, 4.69) is 20.9 Å². The van der Waals surface area contributed by atoms with E-state index in [4.69, 9.17) is 21.6 Å². The van der Waals surface area contributed by atoms with Crippen molar-refractivity contribution in [2.45, 2.75) is 0 Å². The van der Waals surface area contributed by atoms with Crippen molar-refractivity contribution in [3.8, 4) is 17.7 Å². The number of nitro benzene ring substituents is 1. The molecule has 0 unspecified atom stereocenters. The Morgan fingerprint density at radius 2 is 2.20 bits per heavy atom. The normalized spacial score (nSPS) is 9.85. The summed E-state index contributed by atoms with van der Waals surface area (Å²) in [6, 6.07) is 7.69. The van der Waals surface area contributed by atoms with Crippen molar-refractivity contribution >= 4 is 33.2 Å². The third kappa shape index (κ3) is 2.71. The molecule has 0 radical (unpaired) electrons. The van der Waals surface area contributed by atoms with E-state index in [9.17, 15) is 10.1 Å². The molecule has 6 nitrogen and oxygen atoms in total. The first-order valence-corrected chi connectivity index (χ1v) is 6.37. The summed E-state index contributed by atoms with van der Waals surface area (Å²) in [5.74, 6) is -0.0947. The van der Waals surface area contributed by atoms with Gasteiger partial charge in [0.2, 0.25) is 11.6 Å². The maximum atomic E-state index is 11.0. The second-order valence-electron chi connectivity index (χ2n) is 3.54. The zero-order valence-corrected chi connectivity index (χ0v) is 12.1. The molecule has 2 aromatic rings. The summed E-state index contributed by atoms with van der Waals surface area (Å²) < 4.78 is 5.77. The predicted octanol–water partition coefficient (Wildman–Crippen LogP) is 4.07. The standard InChI is InChI=1S/C12H5BrClN3O3/c13-8-2-1-3-9(17(18)19)11(8)20-12-10(14)7(6-15)4-5-16-12/h1-5H. The molecule has 1 aromatic heterocycles. The highest BCUT2D eigenvalue weighted by molar-refractivity contribution is 9.10. The van der Waals surface area contributed by atoms with E-state index < -0.39 is 4.92 Å². The minimum Gasteiger partial charge on any atom is -0.429 e. The number of nitrogens with zero attached hydrogens (tertiary/aromatic N) is 3. The minimum absolute atomic E-state index is 0.0000472. The van der Waals surface area contributed by atoms with Crippen LogP contribution in [0.1, 0.15) is 5.56 Å².